The molecule has 0 aromatic heterocycles. The largest absolute Gasteiger partial charge is 1.00 e. The fourth-order valence-corrected chi connectivity index (χ4v) is 6.81. The molecule has 0 bridgehead atoms. The van der Waals surface area contributed by atoms with Gasteiger partial charge in [-0.1, -0.05) is 12.1 Å². The summed E-state index contributed by atoms with van der Waals surface area (Å²) in [5.41, 5.74) is -1.66. The first-order chi connectivity index (χ1) is 21.7. The van der Waals surface area contributed by atoms with Crippen LogP contribution in [0.5, 0.6) is 17.2 Å². The Hall–Kier alpha value is -1.10. The summed E-state index contributed by atoms with van der Waals surface area (Å²) < 4.78 is 126. The van der Waals surface area contributed by atoms with Crippen molar-refractivity contribution in [2.24, 2.45) is 20.5 Å². The fourth-order valence-electron chi connectivity index (χ4n) is 3.88. The van der Waals surface area contributed by atoms with Crippen LogP contribution in [0.4, 0.5) is 22.7 Å². The third kappa shape index (κ3) is 13.3. The Labute approximate surface area is 367 Å². The van der Waals surface area contributed by atoms with Gasteiger partial charge in [0.15, 0.2) is 9.84 Å². The minimum absolute atomic E-state index is 0. The first kappa shape index (κ1) is 49.9. The van der Waals surface area contributed by atoms with Gasteiger partial charge in [0.2, 0.25) is 0 Å². The van der Waals surface area contributed by atoms with Crippen LogP contribution in [-0.2, 0) is 61.7 Å². The molecule has 19 nitrogen and oxygen atoms in total. The summed E-state index contributed by atoms with van der Waals surface area (Å²) in [7, 11) is -19.0. The fraction of sp³-hybridized carbons (Fsp3) is 0.0833. The van der Waals surface area contributed by atoms with Gasteiger partial charge in [-0.2, -0.15) is 30.4 Å². The van der Waals surface area contributed by atoms with Crippen LogP contribution in [-0.4, -0.2) is 75.0 Å². The summed E-state index contributed by atoms with van der Waals surface area (Å²) in [4.78, 5) is -1.95. The number of azo groups is 2. The average Bonchev–Trinajstić information content (AvgIpc) is 2.94. The third-order valence-electron chi connectivity index (χ3n) is 5.96. The van der Waals surface area contributed by atoms with Crippen LogP contribution in [0.3, 0.4) is 0 Å². The number of rotatable bonds is 11. The molecule has 0 aliphatic carbocycles. The van der Waals surface area contributed by atoms with Gasteiger partial charge >= 0.3 is 99.1 Å². The summed E-state index contributed by atoms with van der Waals surface area (Å²) in [6.07, 6.45) is 0. The second-order valence-corrected chi connectivity index (χ2v) is 15.2. The van der Waals surface area contributed by atoms with Crippen molar-refractivity contribution in [3.63, 3.8) is 0 Å². The van der Waals surface area contributed by atoms with Crippen molar-refractivity contribution in [2.75, 3.05) is 12.4 Å². The number of hydrogen-bond donors (Lipinski definition) is 6. The molecule has 0 fully saturated rings. The summed E-state index contributed by atoms with van der Waals surface area (Å²) in [6, 6.07) is 9.52. The molecule has 261 valence electrons. The molecule has 0 saturated heterocycles. The topological polar surface area (TPSA) is 317 Å². The molecule has 4 aromatic rings. The third-order valence-corrected chi connectivity index (χ3v) is 9.91. The number of aromatic hydroxyl groups is 3. The molecule has 4 rings (SSSR count). The Bertz CT molecular complexity index is 2440. The van der Waals surface area contributed by atoms with E-state index in [0.29, 0.717) is 0 Å². The van der Waals surface area contributed by atoms with Crippen LogP contribution >= 0.6 is 0 Å². The van der Waals surface area contributed by atoms with Gasteiger partial charge in [0, 0.05) is 40.0 Å². The first-order valence-electron chi connectivity index (χ1n) is 12.2. The van der Waals surface area contributed by atoms with E-state index in [0.717, 1.165) is 54.6 Å². The maximum absolute atomic E-state index is 12.5. The number of phenolic OH excluding ortho intramolecular Hbond substituents is 3. The summed E-state index contributed by atoms with van der Waals surface area (Å²) in [5, 5.41) is 44.9. The Balaban J connectivity index is 0.00000625. The molecular formula is C24H20CuN4Na3O15S4+3. The molecule has 4 aromatic carbocycles. The van der Waals surface area contributed by atoms with E-state index in [2.05, 4.69) is 24.6 Å². The SMILES string of the molecule is O=S(=O)(O)OCCS(=O)(=O)c1ccc(O)c(N=Nc2cc(N=Nc3cc(S(=O)(=O)O)c4cccc(S(=O)(=O)O)c4c3)c(O)cc2O)c1.[Cu].[Na+].[Na+].[Na+]. The first-order valence-corrected chi connectivity index (χ1v) is 18.1. The minimum Gasteiger partial charge on any atom is -0.506 e. The minimum atomic E-state index is -4.96. The van der Waals surface area contributed by atoms with Gasteiger partial charge in [0.05, 0.1) is 22.9 Å². The van der Waals surface area contributed by atoms with E-state index in [-0.39, 0.29) is 122 Å². The summed E-state index contributed by atoms with van der Waals surface area (Å²) in [6.45, 7) is -0.921. The number of hydrogen-bond acceptors (Lipinski definition) is 16. The van der Waals surface area contributed by atoms with Crippen LogP contribution < -0.4 is 88.7 Å². The standard InChI is InChI=1S/C24H20N4O15S4.Cu.3Na/c29-20-5-4-14(44(32,33)7-6-43-47(40,41)42)10-17(20)27-28-19-11-18(21(30)12-22(19)31)26-25-13-8-16-15(24(9-13)46(37,38)39)2-1-3-23(16)45(34,35)36;;;;/h1-5,8-12,29-31H,6-7H2,(H,34,35,36)(H,37,38,39)(H,40,41,42);;;;/q;;3*+1. The average molecular weight is 865 g/mol. The molecular weight excluding hydrogens is 845 g/mol. The van der Waals surface area contributed by atoms with Crippen molar-refractivity contribution >= 4 is 74.0 Å². The van der Waals surface area contributed by atoms with Gasteiger partial charge in [-0.25, -0.2) is 12.6 Å². The van der Waals surface area contributed by atoms with Gasteiger partial charge in [-0.15, -0.1) is 15.3 Å². The van der Waals surface area contributed by atoms with Crippen LogP contribution in [0.2, 0.25) is 0 Å². The molecule has 1 radical (unpaired) electrons. The van der Waals surface area contributed by atoms with E-state index in [1.165, 1.54) is 6.07 Å². The second-order valence-electron chi connectivity index (χ2n) is 9.19. The van der Waals surface area contributed by atoms with Crippen molar-refractivity contribution in [3.8, 4) is 17.2 Å². The second kappa shape index (κ2) is 19.5. The zero-order valence-electron chi connectivity index (χ0n) is 26.3. The van der Waals surface area contributed by atoms with E-state index >= 15 is 0 Å². The van der Waals surface area contributed by atoms with Gasteiger partial charge in [0.1, 0.15) is 44.1 Å². The van der Waals surface area contributed by atoms with E-state index in [4.69, 9.17) is 4.55 Å². The molecule has 0 amide bonds. The van der Waals surface area contributed by atoms with E-state index < -0.39 is 102 Å². The number of nitrogens with zero attached hydrogens (tertiary/aromatic N) is 4. The van der Waals surface area contributed by atoms with Crippen LogP contribution in [0.15, 0.2) is 95.8 Å². The van der Waals surface area contributed by atoms with Crippen LogP contribution in [0.25, 0.3) is 10.8 Å². The Morgan fingerprint density at radius 2 is 1.10 bits per heavy atom. The van der Waals surface area contributed by atoms with Gasteiger partial charge < -0.3 is 15.3 Å². The number of fused-ring (bicyclic) bond motifs is 1. The molecule has 0 unspecified atom stereocenters. The van der Waals surface area contributed by atoms with Crippen molar-refractivity contribution in [1.29, 1.82) is 0 Å². The molecule has 0 heterocycles. The Morgan fingerprint density at radius 3 is 1.63 bits per heavy atom. The van der Waals surface area contributed by atoms with E-state index in [1.807, 2.05) is 0 Å². The van der Waals surface area contributed by atoms with Crippen LogP contribution in [0.1, 0.15) is 0 Å². The summed E-state index contributed by atoms with van der Waals surface area (Å²) >= 11 is 0. The monoisotopic (exact) mass is 864 g/mol. The molecule has 0 aliphatic heterocycles. The van der Waals surface area contributed by atoms with Crippen LogP contribution in [0, 0.1) is 0 Å². The van der Waals surface area contributed by atoms with Crippen molar-refractivity contribution in [3.05, 3.63) is 60.7 Å². The smallest absolute Gasteiger partial charge is 0.506 e. The van der Waals surface area contributed by atoms with Gasteiger partial charge in [-0.3, -0.25) is 13.7 Å². The van der Waals surface area contributed by atoms with Gasteiger partial charge in [0.25, 0.3) is 20.2 Å². The summed E-state index contributed by atoms with van der Waals surface area (Å²) in [5.74, 6) is -2.84. The quantitative estimate of drug-likeness (QED) is 0.0467. The molecule has 27 heteroatoms. The van der Waals surface area contributed by atoms with E-state index in [1.54, 1.807) is 0 Å². The van der Waals surface area contributed by atoms with Crippen molar-refractivity contribution in [1.82, 2.24) is 0 Å². The predicted octanol–water partition coefficient (Wildman–Crippen LogP) is -5.12. The molecule has 0 atom stereocenters. The predicted molar refractivity (Wildman–Crippen MR) is 159 cm³/mol. The molecule has 0 saturated carbocycles. The number of benzene rings is 4. The Kier molecular flexibility index (Phi) is 19.1. The van der Waals surface area contributed by atoms with Crippen molar-refractivity contribution in [2.45, 2.75) is 14.7 Å². The molecule has 0 aliphatic rings. The maximum atomic E-state index is 12.5. The Morgan fingerprint density at radius 1 is 0.569 bits per heavy atom. The molecule has 6 N–H and O–H groups in total. The number of phenols is 3. The zero-order valence-corrected chi connectivity index (χ0v) is 36.5. The molecule has 0 spiro atoms. The normalized spacial score (nSPS) is 12.1. The van der Waals surface area contributed by atoms with E-state index in [9.17, 15) is 58.1 Å². The van der Waals surface area contributed by atoms with Gasteiger partial charge in [-0.05, 0) is 36.4 Å². The van der Waals surface area contributed by atoms with Crippen molar-refractivity contribution < 1.29 is 173 Å². The zero-order chi connectivity index (χ0) is 34.9. The number of sulfone groups is 1. The molecule has 51 heavy (non-hydrogen) atoms. The maximum Gasteiger partial charge on any atom is 1.00 e.